The van der Waals surface area contributed by atoms with Gasteiger partial charge in [-0.25, -0.2) is 0 Å². The molecule has 0 aliphatic heterocycles. The summed E-state index contributed by atoms with van der Waals surface area (Å²) in [6, 6.07) is 4.24. The van der Waals surface area contributed by atoms with E-state index in [1.165, 1.54) is 11.1 Å². The summed E-state index contributed by atoms with van der Waals surface area (Å²) in [6.07, 6.45) is 2.58. The van der Waals surface area contributed by atoms with Crippen molar-refractivity contribution in [1.29, 1.82) is 0 Å². The molecule has 0 saturated heterocycles. The van der Waals surface area contributed by atoms with Gasteiger partial charge in [0, 0.05) is 0 Å². The third kappa shape index (κ3) is 2.99. The first-order chi connectivity index (χ1) is 8.04. The molecule has 1 aromatic rings. The Balaban J connectivity index is 3.41. The van der Waals surface area contributed by atoms with Gasteiger partial charge in [0.05, 0.1) is 11.6 Å². The van der Waals surface area contributed by atoms with E-state index in [4.69, 9.17) is 11.6 Å². The van der Waals surface area contributed by atoms with Gasteiger partial charge < -0.3 is 5.11 Å². The lowest BCUT2D eigenvalue weighted by molar-refractivity contribution is 0.336. The molecule has 0 bridgehead atoms. The van der Waals surface area contributed by atoms with E-state index in [9.17, 15) is 5.11 Å². The van der Waals surface area contributed by atoms with E-state index in [0.717, 1.165) is 17.5 Å². The molecule has 0 fully saturated rings. The first-order valence-corrected chi connectivity index (χ1v) is 6.15. The van der Waals surface area contributed by atoms with Crippen LogP contribution in [-0.4, -0.2) is 11.7 Å². The van der Waals surface area contributed by atoms with Crippen molar-refractivity contribution < 1.29 is 5.11 Å². The Kier molecular flexibility index (Phi) is 4.98. The highest BCUT2D eigenvalue weighted by molar-refractivity contribution is 6.49. The van der Waals surface area contributed by atoms with Crippen LogP contribution in [0.2, 0.25) is 0 Å². The van der Waals surface area contributed by atoms with Crippen molar-refractivity contribution in [3.05, 3.63) is 52.6 Å². The van der Waals surface area contributed by atoms with E-state index in [2.05, 4.69) is 32.6 Å². The third-order valence-corrected chi connectivity index (χ3v) is 3.45. The number of rotatable bonds is 4. The largest absolute Gasteiger partial charge is 0.392 e. The summed E-state index contributed by atoms with van der Waals surface area (Å²) in [7, 11) is 0. The summed E-state index contributed by atoms with van der Waals surface area (Å²) in [5, 5.41) is 9.81. The van der Waals surface area contributed by atoms with Crippen molar-refractivity contribution in [1.82, 2.24) is 0 Å². The molecule has 0 saturated carbocycles. The molecule has 1 aromatic carbocycles. The zero-order valence-electron chi connectivity index (χ0n) is 10.7. The number of hydrogen-bond donors (Lipinski definition) is 1. The third-order valence-electron chi connectivity index (χ3n) is 3.00. The lowest BCUT2D eigenvalue weighted by Gasteiger charge is -2.12. The second kappa shape index (κ2) is 6.04. The lowest BCUT2D eigenvalue weighted by atomic mass is 9.97. The smallest absolute Gasteiger partial charge is 0.0696 e. The Bertz CT molecular complexity index is 458. The van der Waals surface area contributed by atoms with E-state index < -0.39 is 0 Å². The molecule has 0 unspecified atom stereocenters. The normalized spacial score (nSPS) is 12.3. The highest BCUT2D eigenvalue weighted by atomic mass is 35.5. The lowest BCUT2D eigenvalue weighted by Crippen LogP contribution is -1.96. The second-order valence-corrected chi connectivity index (χ2v) is 4.53. The van der Waals surface area contributed by atoms with Gasteiger partial charge in [0.1, 0.15) is 0 Å². The van der Waals surface area contributed by atoms with Crippen molar-refractivity contribution in [3.63, 3.8) is 0 Å². The van der Waals surface area contributed by atoms with Gasteiger partial charge in [0.2, 0.25) is 0 Å². The van der Waals surface area contributed by atoms with E-state index in [-0.39, 0.29) is 6.61 Å². The monoisotopic (exact) mass is 250 g/mol. The Morgan fingerprint density at radius 2 is 2.00 bits per heavy atom. The standard InChI is InChI=1S/C15H19ClO/c1-5-12-8-14(11(4)7-10(12)3)15(16)13(6-2)9-17/h6-8,17H,2,5,9H2,1,3-4H3/b15-13-. The molecule has 1 nitrogen and oxygen atoms in total. The van der Waals surface area contributed by atoms with Crippen molar-refractivity contribution in [2.24, 2.45) is 0 Å². The van der Waals surface area contributed by atoms with Gasteiger partial charge in [-0.15, -0.1) is 0 Å². The molecule has 17 heavy (non-hydrogen) atoms. The predicted molar refractivity (Wildman–Crippen MR) is 75.3 cm³/mol. The zero-order chi connectivity index (χ0) is 13.0. The predicted octanol–water partition coefficient (Wildman–Crippen LogP) is 3.99. The van der Waals surface area contributed by atoms with Crippen LogP contribution in [0.4, 0.5) is 0 Å². The van der Waals surface area contributed by atoms with Crippen LogP contribution in [-0.2, 0) is 6.42 Å². The number of aliphatic hydroxyl groups is 1. The van der Waals surface area contributed by atoms with Crippen LogP contribution >= 0.6 is 11.6 Å². The Morgan fingerprint density at radius 3 is 2.47 bits per heavy atom. The van der Waals surface area contributed by atoms with Gasteiger partial charge >= 0.3 is 0 Å². The van der Waals surface area contributed by atoms with Crippen LogP contribution in [0.1, 0.15) is 29.2 Å². The molecule has 0 radical (unpaired) electrons. The Hall–Kier alpha value is -1.05. The molecule has 0 heterocycles. The molecule has 0 spiro atoms. The molecule has 1 rings (SSSR count). The minimum absolute atomic E-state index is 0.0862. The molecular weight excluding hydrogens is 232 g/mol. The average Bonchev–Trinajstić information content (AvgIpc) is 2.30. The van der Waals surface area contributed by atoms with Gasteiger partial charge in [-0.05, 0) is 54.2 Å². The van der Waals surface area contributed by atoms with Crippen LogP contribution in [0.15, 0.2) is 30.4 Å². The first-order valence-electron chi connectivity index (χ1n) is 5.77. The molecule has 0 aromatic heterocycles. The van der Waals surface area contributed by atoms with Crippen LogP contribution in [0.25, 0.3) is 5.03 Å². The summed E-state index contributed by atoms with van der Waals surface area (Å²) in [5.74, 6) is 0. The van der Waals surface area contributed by atoms with Crippen LogP contribution < -0.4 is 0 Å². The van der Waals surface area contributed by atoms with Gasteiger partial charge in [0.15, 0.2) is 0 Å². The molecule has 0 atom stereocenters. The number of halogens is 1. The fourth-order valence-electron chi connectivity index (χ4n) is 1.91. The second-order valence-electron chi connectivity index (χ2n) is 4.15. The molecule has 92 valence electrons. The summed E-state index contributed by atoms with van der Waals surface area (Å²) in [5.41, 5.74) is 5.34. The van der Waals surface area contributed by atoms with Crippen molar-refractivity contribution in [2.45, 2.75) is 27.2 Å². The maximum Gasteiger partial charge on any atom is 0.0696 e. The highest BCUT2D eigenvalue weighted by Gasteiger charge is 2.09. The topological polar surface area (TPSA) is 20.2 Å². The Morgan fingerprint density at radius 1 is 1.35 bits per heavy atom. The molecule has 0 aliphatic carbocycles. The highest BCUT2D eigenvalue weighted by Crippen LogP contribution is 2.29. The summed E-state index contributed by atoms with van der Waals surface area (Å²) < 4.78 is 0. The van der Waals surface area contributed by atoms with Gasteiger partial charge in [0.25, 0.3) is 0 Å². The summed E-state index contributed by atoms with van der Waals surface area (Å²) in [6.45, 7) is 9.84. The number of benzene rings is 1. The van der Waals surface area contributed by atoms with E-state index in [1.807, 2.05) is 6.92 Å². The first kappa shape index (κ1) is 14.0. The van der Waals surface area contributed by atoms with Crippen molar-refractivity contribution in [2.75, 3.05) is 6.61 Å². The minimum Gasteiger partial charge on any atom is -0.392 e. The van der Waals surface area contributed by atoms with Crippen molar-refractivity contribution >= 4 is 16.6 Å². The molecule has 1 N–H and O–H groups in total. The SMILES string of the molecule is C=C/C(CO)=C(/Cl)c1cc(CC)c(C)cc1C. The molecule has 2 heteroatoms. The Labute approximate surface area is 108 Å². The maximum absolute atomic E-state index is 9.22. The molecular formula is C15H19ClO. The van der Waals surface area contributed by atoms with E-state index in [1.54, 1.807) is 6.08 Å². The summed E-state index contributed by atoms with van der Waals surface area (Å²) >= 11 is 6.31. The number of aliphatic hydroxyl groups excluding tert-OH is 1. The fraction of sp³-hybridized carbons (Fsp3) is 0.333. The maximum atomic E-state index is 9.22. The minimum atomic E-state index is -0.0862. The number of aryl methyl sites for hydroxylation is 3. The number of hydrogen-bond acceptors (Lipinski definition) is 1. The van der Waals surface area contributed by atoms with Crippen LogP contribution in [0, 0.1) is 13.8 Å². The van der Waals surface area contributed by atoms with Gasteiger partial charge in [-0.3, -0.25) is 0 Å². The van der Waals surface area contributed by atoms with Crippen LogP contribution in [0.3, 0.4) is 0 Å². The summed E-state index contributed by atoms with van der Waals surface area (Å²) in [4.78, 5) is 0. The zero-order valence-corrected chi connectivity index (χ0v) is 11.4. The van der Waals surface area contributed by atoms with Gasteiger partial charge in [-0.1, -0.05) is 37.2 Å². The fourth-order valence-corrected chi connectivity index (χ4v) is 2.25. The molecule has 0 aliphatic rings. The van der Waals surface area contributed by atoms with Crippen LogP contribution in [0.5, 0.6) is 0 Å². The van der Waals surface area contributed by atoms with E-state index in [0.29, 0.717) is 10.6 Å². The average molecular weight is 251 g/mol. The molecule has 0 amide bonds. The quantitative estimate of drug-likeness (QED) is 0.801. The van der Waals surface area contributed by atoms with E-state index >= 15 is 0 Å². The van der Waals surface area contributed by atoms with Crippen molar-refractivity contribution in [3.8, 4) is 0 Å². The van der Waals surface area contributed by atoms with Gasteiger partial charge in [-0.2, -0.15) is 0 Å².